The number of aryl methyl sites for hydroxylation is 1. The molecule has 1 N–H and O–H groups in total. The smallest absolute Gasteiger partial charge is 0.262 e. The zero-order valence-corrected chi connectivity index (χ0v) is 15.9. The topological polar surface area (TPSA) is 50.8 Å². The van der Waals surface area contributed by atoms with Gasteiger partial charge >= 0.3 is 0 Å². The standard InChI is InChI=1S/C24H20N2O3/c27-23-19-7-3-4-8-20(19)25-24(12-11-16-5-1-2-6-17(16)14-24)26(23)18-9-10-21-22(13-18)29-15-28-21/h1-10,13,25H,11-12,14-15H2/t24-/m0/s1. The highest BCUT2D eigenvalue weighted by atomic mass is 16.7. The van der Waals surface area contributed by atoms with Gasteiger partial charge in [-0.2, -0.15) is 0 Å². The predicted molar refractivity (Wildman–Crippen MR) is 111 cm³/mol. The molecular formula is C24H20N2O3. The SMILES string of the molecule is O=C1c2ccccc2N[C@@]2(CCc3ccccc3C2)N1c1ccc2c(c1)OCO2. The first kappa shape index (κ1) is 16.5. The summed E-state index contributed by atoms with van der Waals surface area (Å²) in [5, 5.41) is 3.73. The minimum atomic E-state index is -0.520. The summed E-state index contributed by atoms with van der Waals surface area (Å²) in [6.45, 7) is 0.215. The maximum absolute atomic E-state index is 13.7. The van der Waals surface area contributed by atoms with Crippen LogP contribution in [-0.2, 0) is 12.8 Å². The Hall–Kier alpha value is -3.47. The third kappa shape index (κ3) is 2.43. The number of nitrogens with zero attached hydrogens (tertiary/aromatic N) is 1. The van der Waals surface area contributed by atoms with E-state index in [1.54, 1.807) is 0 Å². The number of anilines is 2. The van der Waals surface area contributed by atoms with E-state index >= 15 is 0 Å². The second kappa shape index (κ2) is 6.01. The van der Waals surface area contributed by atoms with E-state index in [1.807, 2.05) is 47.4 Å². The van der Waals surface area contributed by atoms with Gasteiger partial charge in [-0.15, -0.1) is 0 Å². The van der Waals surface area contributed by atoms with E-state index in [2.05, 4.69) is 29.6 Å². The molecule has 0 saturated carbocycles. The van der Waals surface area contributed by atoms with Crippen LogP contribution in [0.2, 0.25) is 0 Å². The van der Waals surface area contributed by atoms with E-state index in [0.717, 1.165) is 36.4 Å². The first-order valence-corrected chi connectivity index (χ1v) is 9.92. The van der Waals surface area contributed by atoms with Crippen LogP contribution in [-0.4, -0.2) is 18.4 Å². The number of nitrogens with one attached hydrogen (secondary N) is 1. The van der Waals surface area contributed by atoms with Gasteiger partial charge in [0.2, 0.25) is 6.79 Å². The van der Waals surface area contributed by atoms with Gasteiger partial charge in [-0.25, -0.2) is 0 Å². The minimum Gasteiger partial charge on any atom is -0.454 e. The van der Waals surface area contributed by atoms with Crippen LogP contribution in [0.3, 0.4) is 0 Å². The number of hydrogen-bond donors (Lipinski definition) is 1. The Bertz CT molecular complexity index is 1140. The van der Waals surface area contributed by atoms with Gasteiger partial charge < -0.3 is 14.8 Å². The van der Waals surface area contributed by atoms with Crippen LogP contribution in [0.25, 0.3) is 0 Å². The summed E-state index contributed by atoms with van der Waals surface area (Å²) >= 11 is 0. The van der Waals surface area contributed by atoms with Gasteiger partial charge in [0.05, 0.1) is 11.3 Å². The highest BCUT2D eigenvalue weighted by Gasteiger charge is 2.47. The lowest BCUT2D eigenvalue weighted by molar-refractivity contribution is 0.0948. The van der Waals surface area contributed by atoms with Gasteiger partial charge in [0, 0.05) is 18.2 Å². The second-order valence-electron chi connectivity index (χ2n) is 7.83. The zero-order chi connectivity index (χ0) is 19.4. The molecule has 1 atom stereocenters. The van der Waals surface area contributed by atoms with Crippen molar-refractivity contribution >= 4 is 17.3 Å². The summed E-state index contributed by atoms with van der Waals surface area (Å²) in [6.07, 6.45) is 2.50. The molecule has 0 bridgehead atoms. The number of ether oxygens (including phenoxy) is 2. The average Bonchev–Trinajstić information content (AvgIpc) is 3.22. The number of carbonyl (C=O) groups excluding carboxylic acids is 1. The van der Waals surface area contributed by atoms with Crippen LogP contribution in [0.5, 0.6) is 11.5 Å². The van der Waals surface area contributed by atoms with E-state index < -0.39 is 5.66 Å². The molecule has 0 radical (unpaired) electrons. The predicted octanol–water partition coefficient (Wildman–Crippen LogP) is 4.37. The highest BCUT2D eigenvalue weighted by Crippen LogP contribution is 2.44. The van der Waals surface area contributed by atoms with Gasteiger partial charge in [-0.3, -0.25) is 9.69 Å². The fourth-order valence-corrected chi connectivity index (χ4v) is 4.81. The quantitative estimate of drug-likeness (QED) is 0.677. The minimum absolute atomic E-state index is 0.0117. The maximum atomic E-state index is 13.7. The summed E-state index contributed by atoms with van der Waals surface area (Å²) in [6, 6.07) is 22.0. The average molecular weight is 384 g/mol. The largest absolute Gasteiger partial charge is 0.454 e. The Balaban J connectivity index is 1.52. The molecular weight excluding hydrogens is 364 g/mol. The van der Waals surface area contributed by atoms with E-state index in [0.29, 0.717) is 11.3 Å². The van der Waals surface area contributed by atoms with Crippen molar-refractivity contribution in [2.24, 2.45) is 0 Å². The van der Waals surface area contributed by atoms with Crippen molar-refractivity contribution in [1.82, 2.24) is 0 Å². The summed E-state index contributed by atoms with van der Waals surface area (Å²) in [4.78, 5) is 15.6. The maximum Gasteiger partial charge on any atom is 0.262 e. The molecule has 1 amide bonds. The molecule has 0 saturated heterocycles. The molecule has 2 aliphatic heterocycles. The van der Waals surface area contributed by atoms with Crippen LogP contribution >= 0.6 is 0 Å². The summed E-state index contributed by atoms with van der Waals surface area (Å²) in [5.74, 6) is 1.41. The van der Waals surface area contributed by atoms with E-state index in [1.165, 1.54) is 11.1 Å². The molecule has 144 valence electrons. The van der Waals surface area contributed by atoms with Crippen molar-refractivity contribution in [3.63, 3.8) is 0 Å². The molecule has 29 heavy (non-hydrogen) atoms. The number of amides is 1. The summed E-state index contributed by atoms with van der Waals surface area (Å²) in [5.41, 5.74) is 4.53. The number of para-hydroxylation sites is 1. The van der Waals surface area contributed by atoms with Crippen LogP contribution in [0.1, 0.15) is 27.9 Å². The number of fused-ring (bicyclic) bond motifs is 3. The molecule has 3 aromatic carbocycles. The lowest BCUT2D eigenvalue weighted by Gasteiger charge is -2.50. The summed E-state index contributed by atoms with van der Waals surface area (Å²) in [7, 11) is 0. The number of rotatable bonds is 1. The zero-order valence-electron chi connectivity index (χ0n) is 15.9. The number of carbonyl (C=O) groups is 1. The fraction of sp³-hybridized carbons (Fsp3) is 0.208. The van der Waals surface area contributed by atoms with Crippen molar-refractivity contribution in [3.05, 3.63) is 83.4 Å². The van der Waals surface area contributed by atoms with Crippen molar-refractivity contribution in [1.29, 1.82) is 0 Å². The molecule has 2 heterocycles. The molecule has 3 aliphatic rings. The van der Waals surface area contributed by atoms with Gasteiger partial charge in [0.25, 0.3) is 5.91 Å². The first-order chi connectivity index (χ1) is 14.2. The van der Waals surface area contributed by atoms with Crippen LogP contribution in [0, 0.1) is 0 Å². The van der Waals surface area contributed by atoms with Gasteiger partial charge in [0.15, 0.2) is 11.5 Å². The molecule has 5 heteroatoms. The fourth-order valence-electron chi connectivity index (χ4n) is 4.81. The highest BCUT2D eigenvalue weighted by molar-refractivity contribution is 6.13. The monoisotopic (exact) mass is 384 g/mol. The molecule has 6 rings (SSSR count). The van der Waals surface area contributed by atoms with Crippen molar-refractivity contribution in [2.75, 3.05) is 17.0 Å². The molecule has 0 aromatic heterocycles. The van der Waals surface area contributed by atoms with Crippen molar-refractivity contribution in [3.8, 4) is 11.5 Å². The Labute approximate surface area is 168 Å². The molecule has 0 unspecified atom stereocenters. The Morgan fingerprint density at radius 1 is 0.897 bits per heavy atom. The third-order valence-electron chi connectivity index (χ3n) is 6.18. The second-order valence-corrected chi connectivity index (χ2v) is 7.83. The van der Waals surface area contributed by atoms with Crippen LogP contribution < -0.4 is 19.7 Å². The van der Waals surface area contributed by atoms with Crippen LogP contribution in [0.4, 0.5) is 11.4 Å². The van der Waals surface area contributed by atoms with Crippen molar-refractivity contribution < 1.29 is 14.3 Å². The first-order valence-electron chi connectivity index (χ1n) is 9.92. The van der Waals surface area contributed by atoms with Gasteiger partial charge in [-0.05, 0) is 48.2 Å². The van der Waals surface area contributed by atoms with Gasteiger partial charge in [-0.1, -0.05) is 36.4 Å². The summed E-state index contributed by atoms with van der Waals surface area (Å²) < 4.78 is 11.1. The Morgan fingerprint density at radius 3 is 2.62 bits per heavy atom. The molecule has 1 aliphatic carbocycles. The van der Waals surface area contributed by atoms with E-state index in [-0.39, 0.29) is 12.7 Å². The van der Waals surface area contributed by atoms with Crippen LogP contribution in [0.15, 0.2) is 66.7 Å². The third-order valence-corrected chi connectivity index (χ3v) is 6.18. The van der Waals surface area contributed by atoms with E-state index in [4.69, 9.17) is 9.47 Å². The Morgan fingerprint density at radius 2 is 1.69 bits per heavy atom. The normalized spacial score (nSPS) is 21.5. The molecule has 5 nitrogen and oxygen atoms in total. The lowest BCUT2D eigenvalue weighted by Crippen LogP contribution is -2.63. The molecule has 3 aromatic rings. The van der Waals surface area contributed by atoms with Crippen molar-refractivity contribution in [2.45, 2.75) is 24.9 Å². The number of hydrogen-bond acceptors (Lipinski definition) is 4. The lowest BCUT2D eigenvalue weighted by atomic mass is 9.80. The van der Waals surface area contributed by atoms with Gasteiger partial charge in [0.1, 0.15) is 5.66 Å². The molecule has 0 fully saturated rings. The Kier molecular flexibility index (Phi) is 3.42. The molecule has 1 spiro atoms. The van der Waals surface area contributed by atoms with E-state index in [9.17, 15) is 4.79 Å². The number of benzene rings is 3.